The first-order chi connectivity index (χ1) is 10.3. The summed E-state index contributed by atoms with van der Waals surface area (Å²) in [5, 5.41) is 2.12. The maximum Gasteiger partial charge on any atom is 0.410 e. The molecule has 0 radical (unpaired) electrons. The van der Waals surface area contributed by atoms with Crippen LogP contribution in [0.4, 0.5) is 4.79 Å². The Hall–Kier alpha value is -1.07. The summed E-state index contributed by atoms with van der Waals surface area (Å²) in [6, 6.07) is 5.04. The van der Waals surface area contributed by atoms with E-state index < -0.39 is 5.60 Å². The van der Waals surface area contributed by atoms with Crippen LogP contribution < -0.4 is 0 Å². The molecule has 2 atom stereocenters. The molecule has 2 rings (SSSR count). The van der Waals surface area contributed by atoms with Gasteiger partial charge in [0.05, 0.1) is 0 Å². The topological polar surface area (TPSA) is 32.8 Å². The summed E-state index contributed by atoms with van der Waals surface area (Å²) in [6.45, 7) is 9.53. The Balaban J connectivity index is 1.96. The minimum Gasteiger partial charge on any atom is -0.444 e. The van der Waals surface area contributed by atoms with Gasteiger partial charge >= 0.3 is 6.09 Å². The molecule has 0 aromatic carbocycles. The number of likely N-dealkylation sites (N-methyl/N-ethyl adjacent to an activating group) is 1. The fraction of sp³-hybridized carbons (Fsp3) is 0.706. The number of likely N-dealkylation sites (tertiary alicyclic amines) is 1. The van der Waals surface area contributed by atoms with Gasteiger partial charge in [-0.2, -0.15) is 0 Å². The van der Waals surface area contributed by atoms with Crippen LogP contribution in [0.2, 0.25) is 0 Å². The molecule has 0 spiro atoms. The number of ether oxygens (including phenoxy) is 1. The molecule has 124 valence electrons. The molecule has 0 N–H and O–H groups in total. The van der Waals surface area contributed by atoms with E-state index in [-0.39, 0.29) is 6.09 Å². The molecule has 0 saturated carbocycles. The van der Waals surface area contributed by atoms with Crippen LogP contribution >= 0.6 is 11.3 Å². The van der Waals surface area contributed by atoms with Crippen molar-refractivity contribution in [3.8, 4) is 0 Å². The third-order valence-corrected chi connectivity index (χ3v) is 5.23. The minimum atomic E-state index is -0.430. The molecule has 1 aliphatic heterocycles. The van der Waals surface area contributed by atoms with Crippen LogP contribution in [0.3, 0.4) is 0 Å². The first kappa shape index (κ1) is 17.3. The smallest absolute Gasteiger partial charge is 0.410 e. The number of thiophene rings is 1. The van der Waals surface area contributed by atoms with Gasteiger partial charge in [-0.15, -0.1) is 11.3 Å². The number of nitrogens with zero attached hydrogens (tertiary/aromatic N) is 2. The first-order valence-electron chi connectivity index (χ1n) is 8.01. The Kier molecular flexibility index (Phi) is 5.50. The van der Waals surface area contributed by atoms with E-state index in [9.17, 15) is 4.79 Å². The molecule has 1 aliphatic rings. The Morgan fingerprint density at radius 3 is 2.82 bits per heavy atom. The molecule has 1 fully saturated rings. The molecule has 0 aliphatic carbocycles. The van der Waals surface area contributed by atoms with Crippen LogP contribution in [0, 0.1) is 0 Å². The van der Waals surface area contributed by atoms with Crippen molar-refractivity contribution in [1.29, 1.82) is 0 Å². The van der Waals surface area contributed by atoms with E-state index in [0.29, 0.717) is 12.1 Å². The molecular weight excluding hydrogens is 296 g/mol. The Morgan fingerprint density at radius 2 is 2.23 bits per heavy atom. The van der Waals surface area contributed by atoms with E-state index in [1.807, 2.05) is 25.7 Å². The zero-order valence-electron chi connectivity index (χ0n) is 14.3. The van der Waals surface area contributed by atoms with Crippen molar-refractivity contribution in [1.82, 2.24) is 9.80 Å². The predicted molar refractivity (Wildman–Crippen MR) is 91.3 cm³/mol. The van der Waals surface area contributed by atoms with E-state index in [2.05, 4.69) is 36.4 Å². The first-order valence-corrected chi connectivity index (χ1v) is 8.89. The lowest BCUT2D eigenvalue weighted by Gasteiger charge is -2.40. The maximum atomic E-state index is 12.3. The monoisotopic (exact) mass is 324 g/mol. The highest BCUT2D eigenvalue weighted by atomic mass is 32.1. The van der Waals surface area contributed by atoms with Gasteiger partial charge in [0, 0.05) is 30.1 Å². The highest BCUT2D eigenvalue weighted by Gasteiger charge is 2.31. The van der Waals surface area contributed by atoms with Gasteiger partial charge in [-0.3, -0.25) is 4.90 Å². The standard InChI is InChI=1S/C17H28N2O2S/c1-13(15-9-7-11-22-15)18(5)14-8-6-10-19(12-14)16(20)21-17(2,3)4/h7,9,11,13-14H,6,8,10,12H2,1-5H3/t13-,14-/m0/s1. The average molecular weight is 324 g/mol. The molecule has 1 aromatic rings. The van der Waals surface area contributed by atoms with E-state index in [1.165, 1.54) is 4.88 Å². The summed E-state index contributed by atoms with van der Waals surface area (Å²) in [7, 11) is 2.16. The molecule has 1 saturated heterocycles. The van der Waals surface area contributed by atoms with E-state index >= 15 is 0 Å². The van der Waals surface area contributed by atoms with Crippen LogP contribution in [-0.2, 0) is 4.74 Å². The molecular formula is C17H28N2O2S. The van der Waals surface area contributed by atoms with Gasteiger partial charge in [0.2, 0.25) is 0 Å². The van der Waals surface area contributed by atoms with Crippen LogP contribution in [0.15, 0.2) is 17.5 Å². The van der Waals surface area contributed by atoms with Gasteiger partial charge in [0.15, 0.2) is 0 Å². The van der Waals surface area contributed by atoms with Crippen LogP contribution in [0.1, 0.15) is 51.5 Å². The number of piperidine rings is 1. The Bertz CT molecular complexity index is 481. The molecule has 1 amide bonds. The molecule has 0 unspecified atom stereocenters. The van der Waals surface area contributed by atoms with Crippen LogP contribution in [0.5, 0.6) is 0 Å². The van der Waals surface area contributed by atoms with Crippen molar-refractivity contribution in [2.45, 2.75) is 58.2 Å². The van der Waals surface area contributed by atoms with E-state index in [4.69, 9.17) is 4.74 Å². The molecule has 2 heterocycles. The summed E-state index contributed by atoms with van der Waals surface area (Å²) >= 11 is 1.79. The largest absolute Gasteiger partial charge is 0.444 e. The van der Waals surface area contributed by atoms with Crippen molar-refractivity contribution in [3.63, 3.8) is 0 Å². The predicted octanol–water partition coefficient (Wildman–Crippen LogP) is 4.14. The van der Waals surface area contributed by atoms with Gasteiger partial charge in [-0.1, -0.05) is 6.07 Å². The third kappa shape index (κ3) is 4.46. The van der Waals surface area contributed by atoms with Crippen LogP contribution in [0.25, 0.3) is 0 Å². The van der Waals surface area contributed by atoms with Gasteiger partial charge in [0.1, 0.15) is 5.60 Å². The molecule has 4 nitrogen and oxygen atoms in total. The van der Waals surface area contributed by atoms with Gasteiger partial charge in [0.25, 0.3) is 0 Å². The number of carbonyl (C=O) groups excluding carboxylic acids is 1. The van der Waals surface area contributed by atoms with Crippen molar-refractivity contribution in [2.75, 3.05) is 20.1 Å². The highest BCUT2D eigenvalue weighted by molar-refractivity contribution is 7.10. The molecule has 1 aromatic heterocycles. The zero-order valence-corrected chi connectivity index (χ0v) is 15.2. The summed E-state index contributed by atoms with van der Waals surface area (Å²) in [5.41, 5.74) is -0.430. The molecule has 22 heavy (non-hydrogen) atoms. The van der Waals surface area contributed by atoms with Gasteiger partial charge in [-0.05, 0) is 59.0 Å². The third-order valence-electron chi connectivity index (χ3n) is 4.19. The van der Waals surface area contributed by atoms with Crippen LogP contribution in [-0.4, -0.2) is 47.7 Å². The molecule has 0 bridgehead atoms. The van der Waals surface area contributed by atoms with E-state index in [0.717, 1.165) is 25.9 Å². The summed E-state index contributed by atoms with van der Waals surface area (Å²) < 4.78 is 5.51. The summed E-state index contributed by atoms with van der Waals surface area (Å²) in [5.74, 6) is 0. The zero-order chi connectivity index (χ0) is 16.3. The second kappa shape index (κ2) is 7.01. The van der Waals surface area contributed by atoms with Gasteiger partial charge < -0.3 is 9.64 Å². The van der Waals surface area contributed by atoms with Crippen molar-refractivity contribution in [2.24, 2.45) is 0 Å². The normalized spacial score (nSPS) is 21.0. The number of rotatable bonds is 3. The number of amides is 1. The SMILES string of the molecule is C[C@@H](c1cccs1)N(C)[C@H]1CCCN(C(=O)OC(C)(C)C)C1. The Labute approximate surface area is 138 Å². The van der Waals surface area contributed by atoms with Crippen molar-refractivity contribution in [3.05, 3.63) is 22.4 Å². The maximum absolute atomic E-state index is 12.3. The lowest BCUT2D eigenvalue weighted by molar-refractivity contribution is 0.00984. The van der Waals surface area contributed by atoms with Crippen molar-refractivity contribution < 1.29 is 9.53 Å². The second-order valence-electron chi connectivity index (χ2n) is 7.08. The van der Waals surface area contributed by atoms with Gasteiger partial charge in [-0.25, -0.2) is 4.79 Å². The van der Waals surface area contributed by atoms with Crippen molar-refractivity contribution >= 4 is 17.4 Å². The minimum absolute atomic E-state index is 0.186. The molecule has 5 heteroatoms. The highest BCUT2D eigenvalue weighted by Crippen LogP contribution is 2.28. The fourth-order valence-electron chi connectivity index (χ4n) is 2.83. The second-order valence-corrected chi connectivity index (χ2v) is 8.06. The lowest BCUT2D eigenvalue weighted by Crippen LogP contribution is -2.50. The van der Waals surface area contributed by atoms with E-state index in [1.54, 1.807) is 11.3 Å². The lowest BCUT2D eigenvalue weighted by atomic mass is 10.0. The summed E-state index contributed by atoms with van der Waals surface area (Å²) in [4.78, 5) is 17.9. The summed E-state index contributed by atoms with van der Waals surface area (Å²) in [6.07, 6.45) is 1.98. The average Bonchev–Trinajstić information content (AvgIpc) is 2.98. The Morgan fingerprint density at radius 1 is 1.50 bits per heavy atom. The fourth-order valence-corrected chi connectivity index (χ4v) is 3.66. The number of hydrogen-bond donors (Lipinski definition) is 0. The quantitative estimate of drug-likeness (QED) is 0.837. The number of hydrogen-bond acceptors (Lipinski definition) is 4. The number of carbonyl (C=O) groups is 1.